The van der Waals surface area contributed by atoms with Gasteiger partial charge in [0.1, 0.15) is 5.82 Å². The molecule has 0 aliphatic heterocycles. The number of ether oxygens (including phenoxy) is 1. The van der Waals surface area contributed by atoms with Crippen LogP contribution in [0.5, 0.6) is 5.88 Å². The van der Waals surface area contributed by atoms with Gasteiger partial charge in [-0.15, -0.1) is 13.2 Å². The van der Waals surface area contributed by atoms with E-state index in [4.69, 9.17) is 17.3 Å². The molecule has 0 spiro atoms. The summed E-state index contributed by atoms with van der Waals surface area (Å²) in [6.45, 7) is 0. The van der Waals surface area contributed by atoms with Gasteiger partial charge in [-0.05, 0) is 54.3 Å². The number of pyridine rings is 1. The summed E-state index contributed by atoms with van der Waals surface area (Å²) >= 11 is 5.87. The predicted molar refractivity (Wildman–Crippen MR) is 111 cm³/mol. The molecule has 0 unspecified atom stereocenters. The second kappa shape index (κ2) is 7.77. The lowest BCUT2D eigenvalue weighted by molar-refractivity contribution is -0.276. The van der Waals surface area contributed by atoms with Crippen LogP contribution in [0.2, 0.25) is 5.02 Å². The SMILES string of the molecule is Nc1nc(OC(F)(F)F)ccc1-c1ccc(C2(NC(=O)c3ccc(Cl)cc3)CC2)cc1. The molecule has 3 N–H and O–H groups in total. The van der Waals surface area contributed by atoms with Crippen molar-refractivity contribution in [3.8, 4) is 17.0 Å². The largest absolute Gasteiger partial charge is 0.574 e. The average Bonchev–Trinajstić information content (AvgIpc) is 3.48. The highest BCUT2D eigenvalue weighted by atomic mass is 35.5. The van der Waals surface area contributed by atoms with Crippen molar-refractivity contribution in [2.75, 3.05) is 5.73 Å². The van der Waals surface area contributed by atoms with Crippen molar-refractivity contribution >= 4 is 23.3 Å². The van der Waals surface area contributed by atoms with Crippen molar-refractivity contribution in [2.24, 2.45) is 0 Å². The summed E-state index contributed by atoms with van der Waals surface area (Å²) in [5, 5.41) is 3.63. The van der Waals surface area contributed by atoms with E-state index in [1.807, 2.05) is 12.1 Å². The summed E-state index contributed by atoms with van der Waals surface area (Å²) < 4.78 is 40.8. The molecule has 160 valence electrons. The quantitative estimate of drug-likeness (QED) is 0.556. The average molecular weight is 448 g/mol. The van der Waals surface area contributed by atoms with Gasteiger partial charge >= 0.3 is 6.36 Å². The second-order valence-corrected chi connectivity index (χ2v) is 7.69. The van der Waals surface area contributed by atoms with Gasteiger partial charge in [0, 0.05) is 22.2 Å². The minimum Gasteiger partial charge on any atom is -0.388 e. The molecule has 2 aromatic carbocycles. The molecule has 0 radical (unpaired) electrons. The number of anilines is 1. The number of amides is 1. The monoisotopic (exact) mass is 447 g/mol. The number of benzene rings is 2. The highest BCUT2D eigenvalue weighted by Gasteiger charge is 2.45. The zero-order chi connectivity index (χ0) is 22.2. The number of nitrogens with two attached hydrogens (primary N) is 1. The van der Waals surface area contributed by atoms with Gasteiger partial charge in [-0.3, -0.25) is 4.79 Å². The van der Waals surface area contributed by atoms with Gasteiger partial charge in [0.25, 0.3) is 5.91 Å². The molecule has 1 aromatic heterocycles. The highest BCUT2D eigenvalue weighted by molar-refractivity contribution is 6.30. The molecule has 3 aromatic rings. The Kier molecular flexibility index (Phi) is 5.26. The summed E-state index contributed by atoms with van der Waals surface area (Å²) in [4.78, 5) is 16.2. The Hall–Kier alpha value is -3.26. The summed E-state index contributed by atoms with van der Waals surface area (Å²) in [7, 11) is 0. The zero-order valence-electron chi connectivity index (χ0n) is 16.0. The number of alkyl halides is 3. The van der Waals surface area contributed by atoms with Crippen LogP contribution in [0.15, 0.2) is 60.7 Å². The molecule has 1 aliphatic carbocycles. The molecule has 1 saturated carbocycles. The Bertz CT molecular complexity index is 1110. The van der Waals surface area contributed by atoms with E-state index in [-0.39, 0.29) is 11.7 Å². The van der Waals surface area contributed by atoms with Gasteiger partial charge < -0.3 is 15.8 Å². The Morgan fingerprint density at radius 2 is 1.68 bits per heavy atom. The van der Waals surface area contributed by atoms with Gasteiger partial charge in [0.2, 0.25) is 5.88 Å². The molecule has 1 fully saturated rings. The van der Waals surface area contributed by atoms with Crippen LogP contribution < -0.4 is 15.8 Å². The van der Waals surface area contributed by atoms with E-state index in [0.29, 0.717) is 21.7 Å². The smallest absolute Gasteiger partial charge is 0.388 e. The van der Waals surface area contributed by atoms with Crippen LogP contribution in [0.3, 0.4) is 0 Å². The maximum absolute atomic E-state index is 12.6. The second-order valence-electron chi connectivity index (χ2n) is 7.25. The van der Waals surface area contributed by atoms with Crippen molar-refractivity contribution in [1.29, 1.82) is 0 Å². The Balaban J connectivity index is 1.50. The number of carbonyl (C=O) groups excluding carboxylic acids is 1. The molecule has 1 amide bonds. The number of hydrogen-bond acceptors (Lipinski definition) is 4. The molecule has 0 atom stereocenters. The molecule has 9 heteroatoms. The molecular weight excluding hydrogens is 431 g/mol. The van der Waals surface area contributed by atoms with Crippen LogP contribution in [0.1, 0.15) is 28.8 Å². The molecule has 0 saturated heterocycles. The van der Waals surface area contributed by atoms with E-state index in [1.54, 1.807) is 36.4 Å². The molecule has 0 bridgehead atoms. The van der Waals surface area contributed by atoms with E-state index in [2.05, 4.69) is 15.0 Å². The number of nitrogen functional groups attached to an aromatic ring is 1. The molecular formula is C22H17ClF3N3O2. The summed E-state index contributed by atoms with van der Waals surface area (Å²) in [6, 6.07) is 16.5. The highest BCUT2D eigenvalue weighted by Crippen LogP contribution is 2.46. The van der Waals surface area contributed by atoms with Gasteiger partial charge in [0.05, 0.1) is 5.54 Å². The number of rotatable bonds is 5. The van der Waals surface area contributed by atoms with E-state index in [1.165, 1.54) is 6.07 Å². The number of nitrogens with zero attached hydrogens (tertiary/aromatic N) is 1. The summed E-state index contributed by atoms with van der Waals surface area (Å²) in [5.74, 6) is -0.883. The topological polar surface area (TPSA) is 77.2 Å². The van der Waals surface area contributed by atoms with Crippen molar-refractivity contribution < 1.29 is 22.7 Å². The number of hydrogen-bond donors (Lipinski definition) is 2. The lowest BCUT2D eigenvalue weighted by Crippen LogP contribution is -2.34. The van der Waals surface area contributed by atoms with Crippen molar-refractivity contribution in [2.45, 2.75) is 24.7 Å². The van der Waals surface area contributed by atoms with Crippen LogP contribution in [-0.4, -0.2) is 17.3 Å². The Morgan fingerprint density at radius 3 is 2.23 bits per heavy atom. The van der Waals surface area contributed by atoms with E-state index in [0.717, 1.165) is 24.5 Å². The standard InChI is InChI=1S/C22H17ClF3N3O2/c23-16-7-3-14(4-8-16)20(30)29-21(11-12-21)15-5-1-13(2-6-15)17-9-10-18(28-19(17)27)31-22(24,25)26/h1-10H,11-12H2,(H2,27,28)(H,29,30). The van der Waals surface area contributed by atoms with E-state index < -0.39 is 17.8 Å². The molecule has 5 nitrogen and oxygen atoms in total. The number of nitrogens with one attached hydrogen (secondary N) is 1. The first-order valence-electron chi connectivity index (χ1n) is 9.36. The fourth-order valence-electron chi connectivity index (χ4n) is 3.35. The van der Waals surface area contributed by atoms with E-state index in [9.17, 15) is 18.0 Å². The molecule has 31 heavy (non-hydrogen) atoms. The molecule has 4 rings (SSSR count). The summed E-state index contributed by atoms with van der Waals surface area (Å²) in [6.07, 6.45) is -3.23. The molecule has 1 heterocycles. The minimum absolute atomic E-state index is 0.0772. The fourth-order valence-corrected chi connectivity index (χ4v) is 3.47. The lowest BCUT2D eigenvalue weighted by Gasteiger charge is -2.19. The number of carbonyl (C=O) groups is 1. The van der Waals surface area contributed by atoms with E-state index >= 15 is 0 Å². The van der Waals surface area contributed by atoms with Crippen molar-refractivity contribution in [1.82, 2.24) is 10.3 Å². The first kappa shape index (κ1) is 21.0. The lowest BCUT2D eigenvalue weighted by atomic mass is 9.99. The third-order valence-corrected chi connectivity index (χ3v) is 5.33. The normalized spacial score (nSPS) is 14.7. The van der Waals surface area contributed by atoms with Crippen LogP contribution >= 0.6 is 11.6 Å². The third-order valence-electron chi connectivity index (χ3n) is 5.08. The molecule has 1 aliphatic rings. The maximum Gasteiger partial charge on any atom is 0.574 e. The number of halogens is 4. The van der Waals surface area contributed by atoms with Crippen LogP contribution in [0, 0.1) is 0 Å². The number of aromatic nitrogens is 1. The minimum atomic E-state index is -4.84. The van der Waals surface area contributed by atoms with Crippen LogP contribution in [-0.2, 0) is 5.54 Å². The van der Waals surface area contributed by atoms with Gasteiger partial charge in [-0.2, -0.15) is 4.98 Å². The Labute approximate surface area is 181 Å². The zero-order valence-corrected chi connectivity index (χ0v) is 16.8. The first-order chi connectivity index (χ1) is 14.7. The van der Waals surface area contributed by atoms with Crippen molar-refractivity contribution in [3.63, 3.8) is 0 Å². The van der Waals surface area contributed by atoms with Gasteiger partial charge in [0.15, 0.2) is 0 Å². The van der Waals surface area contributed by atoms with Gasteiger partial charge in [-0.1, -0.05) is 35.9 Å². The summed E-state index contributed by atoms with van der Waals surface area (Å²) in [5.41, 5.74) is 8.01. The predicted octanol–water partition coefficient (Wildman–Crippen LogP) is 5.30. The van der Waals surface area contributed by atoms with Crippen molar-refractivity contribution in [3.05, 3.63) is 76.8 Å². The maximum atomic E-state index is 12.6. The fraction of sp³-hybridized carbons (Fsp3) is 0.182. The van der Waals surface area contributed by atoms with Crippen LogP contribution in [0.25, 0.3) is 11.1 Å². The van der Waals surface area contributed by atoms with Gasteiger partial charge in [-0.25, -0.2) is 0 Å². The third kappa shape index (κ3) is 4.74. The van der Waals surface area contributed by atoms with Crippen LogP contribution in [0.4, 0.5) is 19.0 Å². The Morgan fingerprint density at radius 1 is 1.03 bits per heavy atom. The first-order valence-corrected chi connectivity index (χ1v) is 9.74.